The minimum atomic E-state index is -0.509. The average Bonchev–Trinajstić information content (AvgIpc) is 3.52. The lowest BCUT2D eigenvalue weighted by Gasteiger charge is -2.17. The quantitative estimate of drug-likeness (QED) is 0.558. The van der Waals surface area contributed by atoms with Crippen LogP contribution in [0, 0.1) is 0 Å². The zero-order valence-corrected chi connectivity index (χ0v) is 17.1. The second kappa shape index (κ2) is 8.96. The molecule has 0 spiro atoms. The average molecular weight is 441 g/mol. The first kappa shape index (κ1) is 19.8. The van der Waals surface area contributed by atoms with E-state index in [1.54, 1.807) is 23.1 Å². The van der Waals surface area contributed by atoms with Crippen molar-refractivity contribution in [3.63, 3.8) is 0 Å². The van der Waals surface area contributed by atoms with E-state index in [1.165, 1.54) is 11.8 Å². The molecule has 11 nitrogen and oxygen atoms in total. The number of tetrazole rings is 1. The lowest BCUT2D eigenvalue weighted by atomic mass is 10.1. The van der Waals surface area contributed by atoms with E-state index in [1.807, 2.05) is 30.3 Å². The summed E-state index contributed by atoms with van der Waals surface area (Å²) in [5.41, 5.74) is 0.989. The van der Waals surface area contributed by atoms with Crippen molar-refractivity contribution in [1.29, 1.82) is 0 Å². The molecule has 2 aliphatic rings. The van der Waals surface area contributed by atoms with Crippen LogP contribution in [0.4, 0.5) is 4.79 Å². The van der Waals surface area contributed by atoms with E-state index >= 15 is 0 Å². The number of rotatable bonds is 6. The molecular weight excluding hydrogens is 422 g/mol. The molecule has 2 aromatic heterocycles. The second-order valence-corrected chi connectivity index (χ2v) is 7.92. The number of alkyl carbamates (subject to hydrolysis) is 1. The standard InChI is InChI=1S/C19H19N7O4S/c27-19(22-9-12-5-2-1-3-6-12)30-14-11-29-15-13(10-28-16(14)15)26-18(23-24-25-26)31-17-20-7-4-8-21-17/h1-8,13-16H,9-11H2,(H,22,27)/t13-,14+,15+,16+/m0/s1. The molecule has 12 heteroatoms. The van der Waals surface area contributed by atoms with Gasteiger partial charge in [-0.1, -0.05) is 30.3 Å². The van der Waals surface area contributed by atoms with Crippen LogP contribution in [0.1, 0.15) is 11.6 Å². The molecule has 0 saturated carbocycles. The summed E-state index contributed by atoms with van der Waals surface area (Å²) in [6.07, 6.45) is 1.58. The monoisotopic (exact) mass is 441 g/mol. The highest BCUT2D eigenvalue weighted by atomic mass is 32.2. The first-order valence-electron chi connectivity index (χ1n) is 9.72. The Hall–Kier alpha value is -3.09. The maximum Gasteiger partial charge on any atom is 0.407 e. The number of amides is 1. The second-order valence-electron chi connectivity index (χ2n) is 6.99. The number of hydrogen-bond acceptors (Lipinski definition) is 10. The molecule has 0 bridgehead atoms. The predicted octanol–water partition coefficient (Wildman–Crippen LogP) is 1.25. The molecule has 1 aromatic carbocycles. The highest BCUT2D eigenvalue weighted by molar-refractivity contribution is 7.99. The van der Waals surface area contributed by atoms with E-state index in [2.05, 4.69) is 30.8 Å². The molecule has 3 aromatic rings. The lowest BCUT2D eigenvalue weighted by molar-refractivity contribution is 0.00268. The van der Waals surface area contributed by atoms with Gasteiger partial charge in [0.25, 0.3) is 0 Å². The maximum absolute atomic E-state index is 12.2. The van der Waals surface area contributed by atoms with E-state index in [0.717, 1.165) is 5.56 Å². The minimum absolute atomic E-state index is 0.243. The van der Waals surface area contributed by atoms with Crippen LogP contribution < -0.4 is 5.32 Å². The van der Waals surface area contributed by atoms with Crippen molar-refractivity contribution in [2.75, 3.05) is 13.2 Å². The van der Waals surface area contributed by atoms with Gasteiger partial charge in [-0.25, -0.2) is 19.4 Å². The molecule has 1 amide bonds. The number of nitrogens with one attached hydrogen (secondary N) is 1. The Kier molecular flexibility index (Phi) is 5.74. The normalized spacial score (nSPS) is 24.6. The van der Waals surface area contributed by atoms with Gasteiger partial charge >= 0.3 is 6.09 Å². The van der Waals surface area contributed by atoms with Crippen LogP contribution in [0.15, 0.2) is 59.1 Å². The van der Waals surface area contributed by atoms with Gasteiger partial charge < -0.3 is 19.5 Å². The van der Waals surface area contributed by atoms with Gasteiger partial charge in [0.05, 0.1) is 13.2 Å². The van der Waals surface area contributed by atoms with Gasteiger partial charge in [-0.2, -0.15) is 0 Å². The van der Waals surface area contributed by atoms with E-state index in [9.17, 15) is 4.79 Å². The summed E-state index contributed by atoms with van der Waals surface area (Å²) in [4.78, 5) is 20.6. The van der Waals surface area contributed by atoms with Gasteiger partial charge in [-0.15, -0.1) is 5.10 Å². The number of carbonyl (C=O) groups excluding carboxylic acids is 1. The number of hydrogen-bond donors (Lipinski definition) is 1. The number of ether oxygens (including phenoxy) is 3. The molecule has 4 atom stereocenters. The fourth-order valence-electron chi connectivity index (χ4n) is 3.58. The van der Waals surface area contributed by atoms with E-state index < -0.39 is 12.2 Å². The predicted molar refractivity (Wildman–Crippen MR) is 106 cm³/mol. The fourth-order valence-corrected chi connectivity index (χ4v) is 4.32. The fraction of sp³-hybridized carbons (Fsp3) is 0.368. The van der Waals surface area contributed by atoms with Crippen LogP contribution in [-0.4, -0.2) is 67.8 Å². The highest BCUT2D eigenvalue weighted by Gasteiger charge is 2.51. The summed E-state index contributed by atoms with van der Waals surface area (Å²) in [6.45, 7) is 0.976. The third-order valence-corrected chi connectivity index (χ3v) is 5.87. The van der Waals surface area contributed by atoms with E-state index in [0.29, 0.717) is 23.5 Å². The summed E-state index contributed by atoms with van der Waals surface area (Å²) >= 11 is 1.26. The minimum Gasteiger partial charge on any atom is -0.441 e. The molecule has 4 heterocycles. The van der Waals surface area contributed by atoms with Crippen molar-refractivity contribution in [2.24, 2.45) is 0 Å². The van der Waals surface area contributed by atoms with Crippen LogP contribution in [-0.2, 0) is 20.8 Å². The summed E-state index contributed by atoms with van der Waals surface area (Å²) in [5, 5.41) is 15.8. The van der Waals surface area contributed by atoms with Crippen LogP contribution >= 0.6 is 11.8 Å². The smallest absolute Gasteiger partial charge is 0.407 e. The van der Waals surface area contributed by atoms with Crippen LogP contribution in [0.3, 0.4) is 0 Å². The Morgan fingerprint density at radius 3 is 2.77 bits per heavy atom. The molecule has 2 fully saturated rings. The van der Waals surface area contributed by atoms with Gasteiger partial charge in [-0.05, 0) is 33.8 Å². The van der Waals surface area contributed by atoms with Crippen molar-refractivity contribution in [3.05, 3.63) is 54.4 Å². The molecule has 31 heavy (non-hydrogen) atoms. The number of nitrogens with zero attached hydrogens (tertiary/aromatic N) is 6. The van der Waals surface area contributed by atoms with Gasteiger partial charge in [0.15, 0.2) is 11.3 Å². The Morgan fingerprint density at radius 1 is 1.13 bits per heavy atom. The Labute approximate surface area is 181 Å². The third kappa shape index (κ3) is 4.36. The molecule has 2 saturated heterocycles. The number of benzene rings is 1. The summed E-state index contributed by atoms with van der Waals surface area (Å²) in [7, 11) is 0. The first-order chi connectivity index (χ1) is 15.3. The molecule has 0 unspecified atom stereocenters. The van der Waals surface area contributed by atoms with Crippen molar-refractivity contribution in [1.82, 2.24) is 35.5 Å². The topological polar surface area (TPSA) is 126 Å². The number of fused-ring (bicyclic) bond motifs is 1. The van der Waals surface area contributed by atoms with Gasteiger partial charge in [0.2, 0.25) is 5.16 Å². The summed E-state index contributed by atoms with van der Waals surface area (Å²) in [6, 6.07) is 11.1. The molecule has 1 N–H and O–H groups in total. The zero-order valence-electron chi connectivity index (χ0n) is 16.3. The van der Waals surface area contributed by atoms with Gasteiger partial charge in [0, 0.05) is 18.9 Å². The Bertz CT molecular complexity index is 1020. The molecule has 2 aliphatic heterocycles. The highest BCUT2D eigenvalue weighted by Crippen LogP contribution is 2.37. The van der Waals surface area contributed by atoms with Crippen LogP contribution in [0.25, 0.3) is 0 Å². The molecule has 0 aliphatic carbocycles. The lowest BCUT2D eigenvalue weighted by Crippen LogP contribution is -2.37. The Balaban J connectivity index is 1.20. The van der Waals surface area contributed by atoms with Crippen molar-refractivity contribution < 1.29 is 19.0 Å². The molecule has 160 valence electrons. The SMILES string of the molecule is O=C(NCc1ccccc1)O[C@@H]1CO[C@H]2[C@@H]1OC[C@@H]2n1nnnc1Sc1ncccn1. The third-order valence-electron chi connectivity index (χ3n) is 5.02. The number of carbonyl (C=O) groups is 1. The summed E-state index contributed by atoms with van der Waals surface area (Å²) < 4.78 is 19.0. The molecule has 0 radical (unpaired) electrons. The van der Waals surface area contributed by atoms with Crippen molar-refractivity contribution in [3.8, 4) is 0 Å². The van der Waals surface area contributed by atoms with Gasteiger partial charge in [-0.3, -0.25) is 0 Å². The van der Waals surface area contributed by atoms with Crippen molar-refractivity contribution in [2.45, 2.75) is 41.2 Å². The summed E-state index contributed by atoms with van der Waals surface area (Å²) in [5.74, 6) is 0. The Morgan fingerprint density at radius 2 is 1.94 bits per heavy atom. The maximum atomic E-state index is 12.2. The van der Waals surface area contributed by atoms with Gasteiger partial charge in [0.1, 0.15) is 18.2 Å². The number of aromatic nitrogens is 6. The zero-order chi connectivity index (χ0) is 21.0. The molecule has 5 rings (SSSR count). The van der Waals surface area contributed by atoms with Crippen molar-refractivity contribution >= 4 is 17.9 Å². The van der Waals surface area contributed by atoms with E-state index in [-0.39, 0.29) is 24.9 Å². The first-order valence-corrected chi connectivity index (χ1v) is 10.5. The molecular formula is C19H19N7O4S. The van der Waals surface area contributed by atoms with Crippen LogP contribution in [0.2, 0.25) is 0 Å². The largest absolute Gasteiger partial charge is 0.441 e. The van der Waals surface area contributed by atoms with Crippen LogP contribution in [0.5, 0.6) is 0 Å². The van der Waals surface area contributed by atoms with E-state index in [4.69, 9.17) is 14.2 Å².